The van der Waals surface area contributed by atoms with Gasteiger partial charge < -0.3 is 9.31 Å². The second-order valence-electron chi connectivity index (χ2n) is 8.27. The van der Waals surface area contributed by atoms with Gasteiger partial charge in [-0.15, -0.1) is 11.3 Å². The molecule has 2 heterocycles. The Hall–Kier alpha value is -0.715. The van der Waals surface area contributed by atoms with E-state index in [1.807, 2.05) is 39.0 Å². The first-order valence-corrected chi connectivity index (χ1v) is 9.80. The van der Waals surface area contributed by atoms with E-state index in [1.165, 1.54) is 34.8 Å². The number of rotatable bonds is 2. The molecule has 1 aromatic heterocycles. The van der Waals surface area contributed by atoms with Crippen LogP contribution in [0.25, 0.3) is 0 Å². The summed E-state index contributed by atoms with van der Waals surface area (Å²) in [6, 6.07) is 0. The zero-order valence-corrected chi connectivity index (χ0v) is 15.8. The van der Waals surface area contributed by atoms with Crippen molar-refractivity contribution in [2.75, 3.05) is 0 Å². The van der Waals surface area contributed by atoms with E-state index >= 15 is 0 Å². The van der Waals surface area contributed by atoms with Crippen molar-refractivity contribution in [3.05, 3.63) is 26.9 Å². The molecule has 1 saturated carbocycles. The van der Waals surface area contributed by atoms with Gasteiger partial charge in [-0.1, -0.05) is 0 Å². The maximum absolute atomic E-state index is 14.8. The van der Waals surface area contributed by atoms with Crippen molar-refractivity contribution in [1.82, 2.24) is 4.98 Å². The highest BCUT2D eigenvalue weighted by molar-refractivity contribution is 7.11. The summed E-state index contributed by atoms with van der Waals surface area (Å²) in [5.41, 5.74) is 0.933. The van der Waals surface area contributed by atoms with E-state index in [9.17, 15) is 4.39 Å². The summed E-state index contributed by atoms with van der Waals surface area (Å²) in [7, 11) is -0.851. The average molecular weight is 349 g/mol. The highest BCUT2D eigenvalue weighted by Crippen LogP contribution is 2.48. The van der Waals surface area contributed by atoms with Crippen LogP contribution >= 0.6 is 11.3 Å². The van der Waals surface area contributed by atoms with E-state index in [4.69, 9.17) is 14.3 Å². The number of aromatic nitrogens is 1. The van der Waals surface area contributed by atoms with Gasteiger partial charge in [0.1, 0.15) is 5.73 Å². The third-order valence-corrected chi connectivity index (χ3v) is 7.31. The summed E-state index contributed by atoms with van der Waals surface area (Å²) in [6.07, 6.45) is 6.32. The van der Waals surface area contributed by atoms with Gasteiger partial charge in [-0.05, 0) is 71.8 Å². The van der Waals surface area contributed by atoms with Gasteiger partial charge in [-0.3, -0.25) is 0 Å². The van der Waals surface area contributed by atoms with E-state index in [1.54, 1.807) is 0 Å². The molecule has 130 valence electrons. The molecule has 0 radical (unpaired) electrons. The lowest BCUT2D eigenvalue weighted by atomic mass is 9.72. The van der Waals surface area contributed by atoms with Gasteiger partial charge in [0.05, 0.1) is 21.9 Å². The molecule has 1 aromatic rings. The molecule has 1 aliphatic heterocycles. The number of halogens is 1. The lowest BCUT2D eigenvalue weighted by Crippen LogP contribution is -2.41. The summed E-state index contributed by atoms with van der Waals surface area (Å²) in [5.74, 6) is 0.378. The molecular formula is C18H25BFNO2S. The quantitative estimate of drug-likeness (QED) is 0.722. The van der Waals surface area contributed by atoms with Gasteiger partial charge in [0, 0.05) is 10.8 Å². The Morgan fingerprint density at radius 1 is 1.12 bits per heavy atom. The first-order chi connectivity index (χ1) is 11.3. The summed E-state index contributed by atoms with van der Waals surface area (Å²) < 4.78 is 26.4. The average Bonchev–Trinajstić information content (AvgIpc) is 2.95. The molecular weight excluding hydrogens is 324 g/mol. The fourth-order valence-corrected chi connectivity index (χ4v) is 4.82. The smallest absolute Gasteiger partial charge is 0.398 e. The Labute approximate surface area is 147 Å². The second kappa shape index (κ2) is 5.65. The SMILES string of the molecule is CC1(C)OB(C(F)=C2CC(c3nc4c(s3)CCCC4)C2)OC1(C)C. The Bertz CT molecular complexity index is 650. The third kappa shape index (κ3) is 2.67. The monoisotopic (exact) mass is 349 g/mol. The number of hydrogen-bond donors (Lipinski definition) is 0. The van der Waals surface area contributed by atoms with Crippen molar-refractivity contribution >= 4 is 18.5 Å². The third-order valence-electron chi connectivity index (χ3n) is 5.99. The minimum absolute atomic E-state index is 0.216. The van der Waals surface area contributed by atoms with Crippen molar-refractivity contribution in [3.8, 4) is 0 Å². The number of aryl methyl sites for hydroxylation is 2. The standard InChI is InChI=1S/C18H25BFNO2S/c1-17(2)18(3,4)23-19(22-17)15(20)11-9-12(10-11)16-21-13-7-5-6-8-14(13)24-16/h12H,5-10H2,1-4H3. The number of nitrogens with zero attached hydrogens (tertiary/aromatic N) is 1. The summed E-state index contributed by atoms with van der Waals surface area (Å²) in [5, 5.41) is 1.20. The minimum atomic E-state index is -0.851. The predicted molar refractivity (Wildman–Crippen MR) is 94.9 cm³/mol. The molecule has 24 heavy (non-hydrogen) atoms. The van der Waals surface area contributed by atoms with E-state index in [2.05, 4.69) is 0 Å². The Morgan fingerprint density at radius 2 is 1.75 bits per heavy atom. The van der Waals surface area contributed by atoms with E-state index in [-0.39, 0.29) is 5.73 Å². The largest absolute Gasteiger partial charge is 0.525 e. The first-order valence-electron chi connectivity index (χ1n) is 8.98. The number of fused-ring (bicyclic) bond motifs is 1. The highest BCUT2D eigenvalue weighted by atomic mass is 32.1. The van der Waals surface area contributed by atoms with Crippen LogP contribution in [-0.2, 0) is 22.2 Å². The second-order valence-corrected chi connectivity index (χ2v) is 9.39. The molecule has 4 rings (SSSR count). The van der Waals surface area contributed by atoms with Crippen molar-refractivity contribution in [2.45, 2.75) is 83.3 Å². The molecule has 1 saturated heterocycles. The van der Waals surface area contributed by atoms with Gasteiger partial charge in [-0.25, -0.2) is 9.37 Å². The molecule has 0 spiro atoms. The van der Waals surface area contributed by atoms with Crippen LogP contribution in [0.5, 0.6) is 0 Å². The molecule has 0 aromatic carbocycles. The Kier molecular flexibility index (Phi) is 3.94. The van der Waals surface area contributed by atoms with E-state index in [0.29, 0.717) is 5.92 Å². The van der Waals surface area contributed by atoms with Gasteiger partial charge in [0.2, 0.25) is 0 Å². The zero-order chi connectivity index (χ0) is 17.1. The lowest BCUT2D eigenvalue weighted by molar-refractivity contribution is 0.00578. The van der Waals surface area contributed by atoms with Crippen molar-refractivity contribution in [1.29, 1.82) is 0 Å². The molecule has 2 aliphatic carbocycles. The van der Waals surface area contributed by atoms with Crippen LogP contribution in [0.4, 0.5) is 4.39 Å². The van der Waals surface area contributed by atoms with Gasteiger partial charge in [-0.2, -0.15) is 0 Å². The van der Waals surface area contributed by atoms with Crippen LogP contribution in [0.15, 0.2) is 11.3 Å². The van der Waals surface area contributed by atoms with Crippen LogP contribution in [0.3, 0.4) is 0 Å². The van der Waals surface area contributed by atoms with Crippen molar-refractivity contribution < 1.29 is 13.7 Å². The molecule has 0 amide bonds. The van der Waals surface area contributed by atoms with E-state index < -0.39 is 18.3 Å². The van der Waals surface area contributed by atoms with Gasteiger partial charge >= 0.3 is 7.12 Å². The molecule has 0 unspecified atom stereocenters. The normalized spacial score (nSPS) is 27.8. The van der Waals surface area contributed by atoms with Crippen LogP contribution in [0.2, 0.25) is 0 Å². The Morgan fingerprint density at radius 3 is 2.38 bits per heavy atom. The van der Waals surface area contributed by atoms with E-state index in [0.717, 1.165) is 24.8 Å². The molecule has 6 heteroatoms. The van der Waals surface area contributed by atoms with Crippen molar-refractivity contribution in [2.24, 2.45) is 0 Å². The molecule has 3 aliphatic rings. The number of allylic oxidation sites excluding steroid dienone is 1. The number of hydrogen-bond acceptors (Lipinski definition) is 4. The summed E-state index contributed by atoms with van der Waals surface area (Å²) in [6.45, 7) is 7.81. The number of thiazole rings is 1. The first kappa shape index (κ1) is 16.7. The fraction of sp³-hybridized carbons (Fsp3) is 0.722. The van der Waals surface area contributed by atoms with Crippen LogP contribution < -0.4 is 0 Å². The lowest BCUT2D eigenvalue weighted by Gasteiger charge is -2.32. The van der Waals surface area contributed by atoms with Crippen LogP contribution in [0.1, 0.15) is 74.9 Å². The van der Waals surface area contributed by atoms with Gasteiger partial charge in [0.25, 0.3) is 0 Å². The van der Waals surface area contributed by atoms with Crippen molar-refractivity contribution in [3.63, 3.8) is 0 Å². The van der Waals surface area contributed by atoms with Gasteiger partial charge in [0.15, 0.2) is 0 Å². The molecule has 0 N–H and O–H groups in total. The molecule has 0 atom stereocenters. The molecule has 3 nitrogen and oxygen atoms in total. The van der Waals surface area contributed by atoms with Crippen LogP contribution in [0, 0.1) is 0 Å². The zero-order valence-electron chi connectivity index (χ0n) is 14.9. The molecule has 2 fully saturated rings. The summed E-state index contributed by atoms with van der Waals surface area (Å²) >= 11 is 1.85. The maximum atomic E-state index is 14.8. The topological polar surface area (TPSA) is 31.4 Å². The summed E-state index contributed by atoms with van der Waals surface area (Å²) in [4.78, 5) is 6.28. The Balaban J connectivity index is 1.45. The minimum Gasteiger partial charge on any atom is -0.398 e. The molecule has 0 bridgehead atoms. The fourth-order valence-electron chi connectivity index (χ4n) is 3.56. The van der Waals surface area contributed by atoms with Crippen LogP contribution in [-0.4, -0.2) is 23.3 Å². The maximum Gasteiger partial charge on any atom is 0.525 e. The highest BCUT2D eigenvalue weighted by Gasteiger charge is 2.54. The predicted octanol–water partition coefficient (Wildman–Crippen LogP) is 4.75.